The Morgan fingerprint density at radius 2 is 1.75 bits per heavy atom. The molecular weight excluding hydrogens is 413 g/mol. The highest BCUT2D eigenvalue weighted by Gasteiger charge is 2.26. The van der Waals surface area contributed by atoms with Gasteiger partial charge in [-0.3, -0.25) is 14.4 Å². The molecule has 0 unspecified atom stereocenters. The third-order valence-electron chi connectivity index (χ3n) is 5.43. The summed E-state index contributed by atoms with van der Waals surface area (Å²) in [4.78, 5) is 38.5. The lowest BCUT2D eigenvalue weighted by molar-refractivity contribution is 0.0692. The largest absolute Gasteiger partial charge is 0.349 e. The first kappa shape index (κ1) is 21.4. The third kappa shape index (κ3) is 4.72. The minimum Gasteiger partial charge on any atom is -0.349 e. The Labute approximate surface area is 184 Å². The molecule has 3 aromatic rings. The Hall–Kier alpha value is -3.88. The number of hydrogen-bond acceptors (Lipinski definition) is 5. The molecule has 0 spiro atoms. The molecule has 32 heavy (non-hydrogen) atoms. The molecule has 0 saturated carbocycles. The predicted octanol–water partition coefficient (Wildman–Crippen LogP) is 2.64. The van der Waals surface area contributed by atoms with Gasteiger partial charge >= 0.3 is 0 Å². The number of nitrogens with zero attached hydrogens (tertiary/aromatic N) is 4. The van der Waals surface area contributed by atoms with E-state index in [2.05, 4.69) is 15.6 Å². The van der Waals surface area contributed by atoms with E-state index in [0.29, 0.717) is 42.7 Å². The van der Waals surface area contributed by atoms with Crippen LogP contribution in [0.15, 0.2) is 54.7 Å². The number of piperidine rings is 1. The van der Waals surface area contributed by atoms with Gasteiger partial charge in [0, 0.05) is 30.3 Å². The van der Waals surface area contributed by atoms with Gasteiger partial charge in [0.2, 0.25) is 0 Å². The Balaban J connectivity index is 1.34. The van der Waals surface area contributed by atoms with Crippen LogP contribution >= 0.6 is 0 Å². The minimum absolute atomic E-state index is 0.0736. The van der Waals surface area contributed by atoms with E-state index in [4.69, 9.17) is 0 Å². The first-order chi connectivity index (χ1) is 15.4. The fourth-order valence-corrected chi connectivity index (χ4v) is 3.64. The van der Waals surface area contributed by atoms with Crippen LogP contribution in [0.3, 0.4) is 0 Å². The van der Waals surface area contributed by atoms with Gasteiger partial charge in [0.05, 0.1) is 11.9 Å². The molecule has 1 aliphatic heterocycles. The number of Topliss-reactive ketones (excluding diaryl/α,β-unsaturated/α-hetero) is 1. The van der Waals surface area contributed by atoms with Crippen LogP contribution in [0, 0.1) is 5.82 Å². The Kier molecular flexibility index (Phi) is 6.07. The molecule has 2 aromatic carbocycles. The normalized spacial score (nSPS) is 14.2. The number of likely N-dealkylation sites (tertiary alicyclic amines) is 1. The van der Waals surface area contributed by atoms with Crippen LogP contribution in [0.25, 0.3) is 5.69 Å². The number of carbonyl (C=O) groups is 3. The van der Waals surface area contributed by atoms with Crippen LogP contribution < -0.4 is 5.32 Å². The maximum atomic E-state index is 13.4. The topological polar surface area (TPSA) is 97.2 Å². The maximum Gasteiger partial charge on any atom is 0.276 e. The minimum atomic E-state index is -0.400. The van der Waals surface area contributed by atoms with Crippen molar-refractivity contribution < 1.29 is 18.8 Å². The zero-order valence-corrected chi connectivity index (χ0v) is 17.5. The number of ketones is 1. The van der Waals surface area contributed by atoms with E-state index in [0.717, 1.165) is 0 Å². The molecule has 1 saturated heterocycles. The van der Waals surface area contributed by atoms with Crippen LogP contribution in [-0.4, -0.2) is 56.6 Å². The summed E-state index contributed by atoms with van der Waals surface area (Å²) in [5.74, 6) is -0.994. The molecule has 164 valence electrons. The van der Waals surface area contributed by atoms with Gasteiger partial charge < -0.3 is 10.2 Å². The molecule has 8 nitrogen and oxygen atoms in total. The molecule has 1 aromatic heterocycles. The molecule has 0 atom stereocenters. The van der Waals surface area contributed by atoms with Crippen molar-refractivity contribution in [3.05, 3.63) is 77.4 Å². The van der Waals surface area contributed by atoms with Gasteiger partial charge in [-0.15, -0.1) is 5.10 Å². The molecule has 2 heterocycles. The first-order valence-electron chi connectivity index (χ1n) is 10.3. The number of carbonyl (C=O) groups excluding carboxylic acids is 3. The molecule has 0 bridgehead atoms. The van der Waals surface area contributed by atoms with Crippen LogP contribution in [0.5, 0.6) is 0 Å². The molecule has 1 aliphatic rings. The van der Waals surface area contributed by atoms with Crippen LogP contribution in [0.2, 0.25) is 0 Å². The Bertz CT molecular complexity index is 1170. The number of amides is 2. The van der Waals surface area contributed by atoms with Crippen molar-refractivity contribution >= 4 is 17.6 Å². The first-order valence-corrected chi connectivity index (χ1v) is 10.3. The summed E-state index contributed by atoms with van der Waals surface area (Å²) in [5.41, 5.74) is 1.58. The van der Waals surface area contributed by atoms with E-state index in [9.17, 15) is 18.8 Å². The summed E-state index contributed by atoms with van der Waals surface area (Å²) in [6.07, 6.45) is 2.68. The van der Waals surface area contributed by atoms with E-state index in [1.807, 2.05) is 0 Å². The third-order valence-corrected chi connectivity index (χ3v) is 5.43. The quantitative estimate of drug-likeness (QED) is 0.622. The van der Waals surface area contributed by atoms with Gasteiger partial charge in [-0.1, -0.05) is 23.4 Å². The average Bonchev–Trinajstić information content (AvgIpc) is 3.29. The fourth-order valence-electron chi connectivity index (χ4n) is 3.64. The van der Waals surface area contributed by atoms with E-state index in [1.165, 1.54) is 29.9 Å². The van der Waals surface area contributed by atoms with Crippen molar-refractivity contribution in [3.8, 4) is 5.69 Å². The van der Waals surface area contributed by atoms with Gasteiger partial charge in [0.15, 0.2) is 11.5 Å². The second kappa shape index (κ2) is 9.09. The molecule has 1 N–H and O–H groups in total. The molecule has 9 heteroatoms. The highest BCUT2D eigenvalue weighted by molar-refractivity contribution is 5.99. The van der Waals surface area contributed by atoms with Crippen molar-refractivity contribution in [1.29, 1.82) is 0 Å². The molecule has 2 amide bonds. The summed E-state index contributed by atoms with van der Waals surface area (Å²) in [6.45, 7) is 2.38. The van der Waals surface area contributed by atoms with Gasteiger partial charge in [0.25, 0.3) is 11.8 Å². The zero-order chi connectivity index (χ0) is 22.7. The number of nitrogens with one attached hydrogen (secondary N) is 1. The van der Waals surface area contributed by atoms with Crippen LogP contribution in [0.4, 0.5) is 4.39 Å². The molecule has 4 rings (SSSR count). The number of benzene rings is 2. The lowest BCUT2D eigenvalue weighted by atomic mass is 10.0. The fraction of sp³-hybridized carbons (Fsp3) is 0.261. The van der Waals surface area contributed by atoms with E-state index < -0.39 is 5.82 Å². The Morgan fingerprint density at radius 1 is 1.03 bits per heavy atom. The van der Waals surface area contributed by atoms with Gasteiger partial charge in [0.1, 0.15) is 5.82 Å². The molecule has 0 radical (unpaired) electrons. The van der Waals surface area contributed by atoms with Crippen molar-refractivity contribution in [2.45, 2.75) is 25.8 Å². The molecule has 1 fully saturated rings. The molecular formula is C23H22FN5O3. The van der Waals surface area contributed by atoms with Crippen molar-refractivity contribution in [1.82, 2.24) is 25.2 Å². The van der Waals surface area contributed by atoms with Gasteiger partial charge in [-0.25, -0.2) is 9.07 Å². The van der Waals surface area contributed by atoms with E-state index in [-0.39, 0.29) is 29.3 Å². The van der Waals surface area contributed by atoms with E-state index in [1.54, 1.807) is 41.3 Å². The number of rotatable bonds is 5. The highest BCUT2D eigenvalue weighted by atomic mass is 19.1. The van der Waals surface area contributed by atoms with E-state index >= 15 is 0 Å². The lowest BCUT2D eigenvalue weighted by Crippen LogP contribution is -2.46. The predicted molar refractivity (Wildman–Crippen MR) is 114 cm³/mol. The average molecular weight is 435 g/mol. The number of halogens is 1. The van der Waals surface area contributed by atoms with Crippen molar-refractivity contribution in [2.24, 2.45) is 0 Å². The van der Waals surface area contributed by atoms with Gasteiger partial charge in [-0.05, 0) is 50.1 Å². The molecule has 0 aliphatic carbocycles. The van der Waals surface area contributed by atoms with Gasteiger partial charge in [-0.2, -0.15) is 0 Å². The number of hydrogen-bond donors (Lipinski definition) is 1. The maximum absolute atomic E-state index is 13.4. The summed E-state index contributed by atoms with van der Waals surface area (Å²) < 4.78 is 14.8. The zero-order valence-electron chi connectivity index (χ0n) is 17.5. The second-order valence-corrected chi connectivity index (χ2v) is 7.71. The number of aromatic nitrogens is 3. The smallest absolute Gasteiger partial charge is 0.276 e. The summed E-state index contributed by atoms with van der Waals surface area (Å²) in [7, 11) is 0. The standard InChI is InChI=1S/C23H22FN5O3/c1-15(30)16-4-2-5-17(12-16)22(31)25-19-8-10-28(11-9-19)23(32)21-14-29(27-26-21)20-7-3-6-18(24)13-20/h2-7,12-14,19H,8-11H2,1H3,(H,25,31). The Morgan fingerprint density at radius 3 is 2.47 bits per heavy atom. The van der Waals surface area contributed by atoms with Crippen molar-refractivity contribution in [3.63, 3.8) is 0 Å². The summed E-state index contributed by atoms with van der Waals surface area (Å²) in [6, 6.07) is 12.4. The van der Waals surface area contributed by atoms with Crippen LogP contribution in [-0.2, 0) is 0 Å². The monoisotopic (exact) mass is 435 g/mol. The summed E-state index contributed by atoms with van der Waals surface area (Å²) in [5, 5.41) is 10.8. The van der Waals surface area contributed by atoms with Crippen molar-refractivity contribution in [2.75, 3.05) is 13.1 Å². The van der Waals surface area contributed by atoms with Crippen LogP contribution in [0.1, 0.15) is 51.0 Å². The SMILES string of the molecule is CC(=O)c1cccc(C(=O)NC2CCN(C(=O)c3cn(-c4cccc(F)c4)nn3)CC2)c1. The second-order valence-electron chi connectivity index (χ2n) is 7.71. The summed E-state index contributed by atoms with van der Waals surface area (Å²) >= 11 is 0. The lowest BCUT2D eigenvalue weighted by Gasteiger charge is -2.31. The highest BCUT2D eigenvalue weighted by Crippen LogP contribution is 2.16.